The van der Waals surface area contributed by atoms with Crippen LogP contribution in [0.25, 0.3) is 82.4 Å². The maximum atomic E-state index is 9.16. The average Bonchev–Trinajstić information content (AvgIpc) is 4.11. The Hall–Kier alpha value is -7.60. The Labute approximate surface area is 392 Å². The zero-order valence-electron chi connectivity index (χ0n) is 39.8. The zero-order chi connectivity index (χ0) is 46.8. The normalized spacial score (nSPS) is 14.4. The molecule has 0 aliphatic carbocycles. The summed E-state index contributed by atoms with van der Waals surface area (Å²) in [4.78, 5) is 8.58. The topological polar surface area (TPSA) is 43.4 Å². The van der Waals surface area contributed by atoms with E-state index in [1.807, 2.05) is 180 Å². The van der Waals surface area contributed by atoms with Crippen LogP contribution in [-0.2, 0) is 35.0 Å². The Morgan fingerprint density at radius 3 is 1.83 bits per heavy atom. The second-order valence-corrected chi connectivity index (χ2v) is 15.7. The van der Waals surface area contributed by atoms with E-state index >= 15 is 0 Å². The third-order valence-electron chi connectivity index (χ3n) is 12.3. The summed E-state index contributed by atoms with van der Waals surface area (Å²) < 4.78 is 66.5. The maximum absolute atomic E-state index is 9.16. The van der Waals surface area contributed by atoms with Gasteiger partial charge in [-0.1, -0.05) is 109 Å². The molecule has 0 radical (unpaired) electrons. The maximum Gasteiger partial charge on any atom is 0.135 e. The number of hydrogen-bond acceptors (Lipinski definition) is 4. The number of hydrogen-bond donors (Lipinski definition) is 0. The van der Waals surface area contributed by atoms with Gasteiger partial charge in [-0.3, -0.25) is 0 Å². The molecule has 0 unspecified atom stereocenters. The molecule has 1 aliphatic heterocycles. The molecule has 0 saturated carbocycles. The summed E-state index contributed by atoms with van der Waals surface area (Å²) in [5.74, 6) is 1.69. The summed E-state index contributed by atoms with van der Waals surface area (Å²) in [7, 11) is 0. The standard InChI is InChI=1S/C56H37N6O.Pt/c1-58-44-24-9-7-22-42(44)52-51(36-17-4-3-5-18-36)53-43-23-8-10-25-45(43)59(2)55(53)56(54(52)58)61-35-60(47-27-12-13-28-48(47)61)37-19-16-20-38(33-37)63-39-30-31-41-40-21-6-11-26-46(40)62(49(41)34-39)50-29-14-15-32-57-50;/h3-32,35H,1-2H3;/q-3;/i1D3,2D3;. The molecule has 0 fully saturated rings. The van der Waals surface area contributed by atoms with E-state index in [0.717, 1.165) is 55.2 Å². The molecule has 8 aromatic carbocycles. The summed E-state index contributed by atoms with van der Waals surface area (Å²) in [5, 5.41) is 4.95. The zero-order valence-corrected chi connectivity index (χ0v) is 36.1. The second kappa shape index (κ2) is 14.8. The molecule has 0 atom stereocenters. The second-order valence-electron chi connectivity index (χ2n) is 15.7. The third-order valence-corrected chi connectivity index (χ3v) is 12.3. The summed E-state index contributed by atoms with van der Waals surface area (Å²) in [5.41, 5.74) is 7.67. The van der Waals surface area contributed by atoms with Crippen molar-refractivity contribution in [3.63, 3.8) is 0 Å². The Morgan fingerprint density at radius 2 is 1.14 bits per heavy atom. The van der Waals surface area contributed by atoms with E-state index in [2.05, 4.69) is 33.8 Å². The molecule has 1 aliphatic rings. The van der Waals surface area contributed by atoms with Crippen LogP contribution < -0.4 is 14.5 Å². The molecule has 310 valence electrons. The number of anilines is 4. The molecule has 0 saturated heterocycles. The Morgan fingerprint density at radius 1 is 0.531 bits per heavy atom. The van der Waals surface area contributed by atoms with Crippen LogP contribution in [0.15, 0.2) is 182 Å². The van der Waals surface area contributed by atoms with Crippen LogP contribution >= 0.6 is 0 Å². The molecule has 0 amide bonds. The first-order valence-corrected chi connectivity index (χ1v) is 20.7. The number of aromatic nitrogens is 4. The van der Waals surface area contributed by atoms with Crippen molar-refractivity contribution >= 4 is 88.2 Å². The van der Waals surface area contributed by atoms with Gasteiger partial charge in [-0.2, -0.15) is 12.1 Å². The van der Waals surface area contributed by atoms with Gasteiger partial charge in [0.2, 0.25) is 0 Å². The average molecular weight is 1010 g/mol. The molecule has 13 rings (SSSR count). The van der Waals surface area contributed by atoms with Crippen LogP contribution in [0.3, 0.4) is 0 Å². The predicted octanol–water partition coefficient (Wildman–Crippen LogP) is 13.9. The Balaban J connectivity index is 0.00000505. The van der Waals surface area contributed by atoms with Gasteiger partial charge in [-0.25, -0.2) is 4.98 Å². The number of fused-ring (bicyclic) bond motifs is 10. The largest absolute Gasteiger partial charge is 0.509 e. The minimum Gasteiger partial charge on any atom is -0.509 e. The van der Waals surface area contributed by atoms with Crippen LogP contribution in [0.4, 0.5) is 22.7 Å². The molecule has 0 bridgehead atoms. The van der Waals surface area contributed by atoms with E-state index < -0.39 is 14.0 Å². The molecule has 4 aromatic heterocycles. The van der Waals surface area contributed by atoms with E-state index in [-0.39, 0.29) is 21.1 Å². The number of aryl methyl sites for hydroxylation is 2. The number of ether oxygens (including phenoxy) is 1. The Kier molecular flexibility index (Phi) is 7.41. The van der Waals surface area contributed by atoms with Gasteiger partial charge in [0.25, 0.3) is 0 Å². The van der Waals surface area contributed by atoms with Crippen molar-refractivity contribution in [1.29, 1.82) is 0 Å². The van der Waals surface area contributed by atoms with E-state index in [1.165, 1.54) is 9.13 Å². The van der Waals surface area contributed by atoms with Crippen molar-refractivity contribution in [2.45, 2.75) is 0 Å². The SMILES string of the molecule is [2H]C([2H])([2H])n1c2ccccc2c2c(-c3ccccc3)c3c4ccccc4n(C([2H])([2H])[2H])c3c(N3[CH-]N(c4[c-]c(Oc5[c-]c6c(cc5)c5ccccc5n6-c5ccccn5)ccc4)c4ccccc43)c21.[Pt]. The fraction of sp³-hybridized carbons (Fsp3) is 0.0357. The first-order chi connectivity index (χ1) is 33.5. The molecule has 7 nitrogen and oxygen atoms in total. The van der Waals surface area contributed by atoms with E-state index in [9.17, 15) is 0 Å². The van der Waals surface area contributed by atoms with E-state index in [4.69, 9.17) is 13.0 Å². The molecule has 5 heterocycles. The number of benzene rings is 8. The van der Waals surface area contributed by atoms with Gasteiger partial charge >= 0.3 is 0 Å². The van der Waals surface area contributed by atoms with Crippen LogP contribution in [0.1, 0.15) is 8.22 Å². The molecular weight excluding hydrogens is 968 g/mol. The van der Waals surface area contributed by atoms with Gasteiger partial charge in [0.15, 0.2) is 0 Å². The van der Waals surface area contributed by atoms with Crippen molar-refractivity contribution in [2.24, 2.45) is 14.0 Å². The minimum atomic E-state index is -2.68. The van der Waals surface area contributed by atoms with E-state index in [1.54, 1.807) is 6.20 Å². The van der Waals surface area contributed by atoms with Crippen molar-refractivity contribution in [1.82, 2.24) is 18.7 Å². The Bertz CT molecular complexity index is 3920. The molecule has 64 heavy (non-hydrogen) atoms. The number of rotatable bonds is 6. The third kappa shape index (κ3) is 5.54. The monoisotopic (exact) mass is 1010 g/mol. The summed E-state index contributed by atoms with van der Waals surface area (Å²) in [6, 6.07) is 63.3. The number of nitrogens with zero attached hydrogens (tertiary/aromatic N) is 6. The van der Waals surface area contributed by atoms with Crippen molar-refractivity contribution < 1.29 is 34.0 Å². The summed E-state index contributed by atoms with van der Waals surface area (Å²) >= 11 is 0. The fourth-order valence-electron chi connectivity index (χ4n) is 9.69. The first-order valence-electron chi connectivity index (χ1n) is 23.7. The molecule has 12 aromatic rings. The smallest absolute Gasteiger partial charge is 0.135 e. The van der Waals surface area contributed by atoms with Gasteiger partial charge in [-0.05, 0) is 53.4 Å². The van der Waals surface area contributed by atoms with Crippen molar-refractivity contribution in [2.75, 3.05) is 9.80 Å². The van der Waals surface area contributed by atoms with Crippen LogP contribution in [-0.4, -0.2) is 18.7 Å². The van der Waals surface area contributed by atoms with Gasteiger partial charge in [-0.15, -0.1) is 48.1 Å². The summed E-state index contributed by atoms with van der Waals surface area (Å²) in [6.45, 7) is -3.47. The van der Waals surface area contributed by atoms with Crippen LogP contribution in [0.2, 0.25) is 0 Å². The molecular formula is C56H37N6OPt-3. The summed E-state index contributed by atoms with van der Waals surface area (Å²) in [6.07, 6.45) is 1.77. The van der Waals surface area contributed by atoms with Gasteiger partial charge in [0.1, 0.15) is 5.82 Å². The predicted molar refractivity (Wildman–Crippen MR) is 258 cm³/mol. The van der Waals surface area contributed by atoms with Gasteiger partial charge < -0.3 is 28.2 Å². The van der Waals surface area contributed by atoms with Gasteiger partial charge in [0, 0.05) is 116 Å². The first kappa shape index (κ1) is 32.1. The molecule has 8 heteroatoms. The quantitative estimate of drug-likeness (QED) is 0.156. The number of pyridine rings is 1. The molecule has 0 spiro atoms. The molecule has 0 N–H and O–H groups in total. The van der Waals surface area contributed by atoms with E-state index in [0.29, 0.717) is 61.4 Å². The van der Waals surface area contributed by atoms with Crippen LogP contribution in [0.5, 0.6) is 11.5 Å². The minimum absolute atomic E-state index is 0. The fourth-order valence-corrected chi connectivity index (χ4v) is 9.69. The van der Waals surface area contributed by atoms with Gasteiger partial charge in [0.05, 0.1) is 16.7 Å². The van der Waals surface area contributed by atoms with Crippen LogP contribution in [0, 0.1) is 18.8 Å². The number of para-hydroxylation sites is 5. The van der Waals surface area contributed by atoms with Crippen molar-refractivity contribution in [3.05, 3.63) is 201 Å². The van der Waals surface area contributed by atoms with Crippen molar-refractivity contribution in [3.8, 4) is 28.4 Å².